The van der Waals surface area contributed by atoms with Gasteiger partial charge in [0.1, 0.15) is 5.75 Å². The molecule has 4 bridgehead atoms. The van der Waals surface area contributed by atoms with Crippen LogP contribution in [-0.2, 0) is 15.0 Å². The first-order chi connectivity index (χ1) is 15.9. The number of methoxy groups -OCH3 is 1. The molecule has 1 saturated heterocycles. The Hall–Kier alpha value is -1.88. The molecule has 1 aromatic rings. The van der Waals surface area contributed by atoms with Crippen molar-refractivity contribution < 1.29 is 14.4 Å². The lowest BCUT2D eigenvalue weighted by atomic mass is 9.49. The Bertz CT molecular complexity index is 950. The molecular weight excluding hydrogens is 412 g/mol. The molecule has 0 N–H and O–H groups in total. The Morgan fingerprint density at radius 2 is 1.79 bits per heavy atom. The quantitative estimate of drug-likeness (QED) is 0.465. The smallest absolute Gasteiger partial charge is 0.341 e. The molecule has 0 spiro atoms. The lowest BCUT2D eigenvalue weighted by molar-refractivity contribution is -0.171. The van der Waals surface area contributed by atoms with Crippen LogP contribution in [0, 0.1) is 30.1 Å². The van der Waals surface area contributed by atoms with Crippen molar-refractivity contribution in [3.05, 3.63) is 29.3 Å². The molecule has 1 aliphatic heterocycles. The van der Waals surface area contributed by atoms with Crippen LogP contribution in [0.1, 0.15) is 75.3 Å². The van der Waals surface area contributed by atoms with Crippen molar-refractivity contribution in [2.45, 2.75) is 82.6 Å². The van der Waals surface area contributed by atoms with Crippen LogP contribution < -0.4 is 4.74 Å². The highest BCUT2D eigenvalue weighted by Gasteiger charge is 2.56. The molecule has 6 aliphatic rings. The maximum atomic E-state index is 13.3. The number of benzene rings is 1. The summed E-state index contributed by atoms with van der Waals surface area (Å²) in [6.45, 7) is 3.22. The molecule has 33 heavy (non-hydrogen) atoms. The standard InChI is InChI=1S/C28H38N2O3/c1-18-10-22(4-5-24(18)32-3)28-7-6-23(14-25(28)30(2)9-8-28)29-33-26(31)27-15-19-11-20(16-27)13-21(12-19)17-27/h4-5,10,19-21,25H,6-9,11-17H2,1-3H3/b29-23+/t19?,20?,21?,25-,27?,28-/m0/s1. The number of likely N-dealkylation sites (N-methyl/N-ethyl adjacent to an activating group) is 1. The summed E-state index contributed by atoms with van der Waals surface area (Å²) in [7, 11) is 3.97. The van der Waals surface area contributed by atoms with Crippen molar-refractivity contribution in [3.63, 3.8) is 0 Å². The first-order valence-corrected chi connectivity index (χ1v) is 13.0. The zero-order valence-electron chi connectivity index (χ0n) is 20.4. The number of hydrogen-bond donors (Lipinski definition) is 0. The van der Waals surface area contributed by atoms with Gasteiger partial charge in [-0.2, -0.15) is 0 Å². The Morgan fingerprint density at radius 1 is 1.09 bits per heavy atom. The second kappa shape index (κ2) is 7.83. The molecular formula is C28H38N2O3. The van der Waals surface area contributed by atoms with Crippen LogP contribution in [0.15, 0.2) is 23.4 Å². The number of likely N-dealkylation sites (tertiary alicyclic amines) is 1. The summed E-state index contributed by atoms with van der Waals surface area (Å²) in [6.07, 6.45) is 11.1. The highest BCUT2D eigenvalue weighted by atomic mass is 16.7. The van der Waals surface area contributed by atoms with Gasteiger partial charge in [0.15, 0.2) is 0 Å². The topological polar surface area (TPSA) is 51.1 Å². The number of hydrogen-bond acceptors (Lipinski definition) is 5. The van der Waals surface area contributed by atoms with E-state index >= 15 is 0 Å². The monoisotopic (exact) mass is 450 g/mol. The molecule has 5 saturated carbocycles. The van der Waals surface area contributed by atoms with Crippen molar-refractivity contribution >= 4 is 11.7 Å². The molecule has 7 rings (SSSR count). The summed E-state index contributed by atoms with van der Waals surface area (Å²) in [5.41, 5.74) is 3.59. The first kappa shape index (κ1) is 21.6. The maximum Gasteiger partial charge on any atom is 0.341 e. The largest absolute Gasteiger partial charge is 0.496 e. The zero-order valence-corrected chi connectivity index (χ0v) is 20.4. The average Bonchev–Trinajstić information content (AvgIpc) is 3.13. The van der Waals surface area contributed by atoms with Crippen LogP contribution >= 0.6 is 0 Å². The van der Waals surface area contributed by atoms with Gasteiger partial charge in [0.2, 0.25) is 0 Å². The summed E-state index contributed by atoms with van der Waals surface area (Å²) in [6, 6.07) is 7.09. The third-order valence-corrected chi connectivity index (χ3v) is 10.1. The zero-order chi connectivity index (χ0) is 22.8. The van der Waals surface area contributed by atoms with Gasteiger partial charge < -0.3 is 14.5 Å². The third-order valence-electron chi connectivity index (χ3n) is 10.1. The van der Waals surface area contributed by atoms with E-state index in [9.17, 15) is 4.79 Å². The van der Waals surface area contributed by atoms with Gasteiger partial charge in [-0.25, -0.2) is 4.79 Å². The molecule has 178 valence electrons. The molecule has 1 aromatic carbocycles. The van der Waals surface area contributed by atoms with E-state index in [0.29, 0.717) is 6.04 Å². The van der Waals surface area contributed by atoms with Crippen LogP contribution in [0.2, 0.25) is 0 Å². The summed E-state index contributed by atoms with van der Waals surface area (Å²) < 4.78 is 5.50. The lowest BCUT2D eigenvalue weighted by Crippen LogP contribution is -2.50. The molecule has 5 heteroatoms. The number of carbonyl (C=O) groups is 1. The molecule has 6 fully saturated rings. The maximum absolute atomic E-state index is 13.3. The number of carbonyl (C=O) groups excluding carboxylic acids is 1. The molecule has 5 nitrogen and oxygen atoms in total. The molecule has 0 aromatic heterocycles. The van der Waals surface area contributed by atoms with E-state index in [1.165, 1.54) is 36.8 Å². The third kappa shape index (κ3) is 3.45. The molecule has 0 unspecified atom stereocenters. The van der Waals surface area contributed by atoms with E-state index in [-0.39, 0.29) is 16.8 Å². The van der Waals surface area contributed by atoms with Crippen LogP contribution in [0.4, 0.5) is 0 Å². The number of rotatable bonds is 4. The molecule has 5 aliphatic carbocycles. The van der Waals surface area contributed by atoms with E-state index < -0.39 is 0 Å². The summed E-state index contributed by atoms with van der Waals surface area (Å²) in [5.74, 6) is 3.15. The second-order valence-corrected chi connectivity index (χ2v) is 12.0. The Morgan fingerprint density at radius 3 is 2.42 bits per heavy atom. The summed E-state index contributed by atoms with van der Waals surface area (Å²) >= 11 is 0. The van der Waals surface area contributed by atoms with Crippen molar-refractivity contribution in [1.29, 1.82) is 0 Å². The van der Waals surface area contributed by atoms with Crippen LogP contribution in [0.25, 0.3) is 0 Å². The average molecular weight is 451 g/mol. The summed E-state index contributed by atoms with van der Waals surface area (Å²) in [5, 5.41) is 4.53. The van der Waals surface area contributed by atoms with Crippen molar-refractivity contribution in [2.24, 2.45) is 28.3 Å². The number of ether oxygens (including phenoxy) is 1. The first-order valence-electron chi connectivity index (χ1n) is 13.0. The second-order valence-electron chi connectivity index (χ2n) is 12.0. The van der Waals surface area contributed by atoms with E-state index in [1.807, 2.05) is 0 Å². The summed E-state index contributed by atoms with van der Waals surface area (Å²) in [4.78, 5) is 21.5. The highest BCUT2D eigenvalue weighted by Crippen LogP contribution is 2.60. The fourth-order valence-corrected chi connectivity index (χ4v) is 8.77. The van der Waals surface area contributed by atoms with Gasteiger partial charge >= 0.3 is 5.97 Å². The van der Waals surface area contributed by atoms with Crippen molar-refractivity contribution in [1.82, 2.24) is 4.90 Å². The molecule has 0 amide bonds. The number of aryl methyl sites for hydroxylation is 1. The van der Waals surface area contributed by atoms with E-state index in [4.69, 9.17) is 9.57 Å². The molecule has 0 radical (unpaired) electrons. The van der Waals surface area contributed by atoms with Gasteiger partial charge in [0.05, 0.1) is 18.2 Å². The minimum absolute atomic E-state index is 0.0310. The Labute approximate surface area is 197 Å². The number of oxime groups is 1. The highest BCUT2D eigenvalue weighted by molar-refractivity contribution is 5.87. The van der Waals surface area contributed by atoms with E-state index in [2.05, 4.69) is 42.2 Å². The van der Waals surface area contributed by atoms with Gasteiger partial charge in [-0.1, -0.05) is 17.3 Å². The van der Waals surface area contributed by atoms with E-state index in [0.717, 1.165) is 74.3 Å². The van der Waals surface area contributed by atoms with Gasteiger partial charge in [-0.05, 0) is 113 Å². The van der Waals surface area contributed by atoms with Gasteiger partial charge in [0.25, 0.3) is 0 Å². The fourth-order valence-electron chi connectivity index (χ4n) is 8.77. The van der Waals surface area contributed by atoms with Crippen LogP contribution in [0.3, 0.4) is 0 Å². The van der Waals surface area contributed by atoms with Crippen LogP contribution in [0.5, 0.6) is 5.75 Å². The molecule has 1 heterocycles. The Balaban J connectivity index is 1.19. The normalized spacial score (nSPS) is 40.8. The van der Waals surface area contributed by atoms with Crippen LogP contribution in [-0.4, -0.2) is 43.3 Å². The molecule has 2 atom stereocenters. The number of nitrogens with zero attached hydrogens (tertiary/aromatic N) is 2. The number of fused-ring (bicyclic) bond motifs is 1. The van der Waals surface area contributed by atoms with Crippen molar-refractivity contribution in [2.75, 3.05) is 20.7 Å². The van der Waals surface area contributed by atoms with Gasteiger partial charge in [0, 0.05) is 17.9 Å². The predicted octanol–water partition coefficient (Wildman–Crippen LogP) is 5.25. The minimum atomic E-state index is -0.234. The van der Waals surface area contributed by atoms with Gasteiger partial charge in [-0.15, -0.1) is 0 Å². The van der Waals surface area contributed by atoms with Crippen molar-refractivity contribution in [3.8, 4) is 5.75 Å². The van der Waals surface area contributed by atoms with E-state index in [1.54, 1.807) is 7.11 Å². The Kier molecular flexibility index (Phi) is 5.13. The van der Waals surface area contributed by atoms with Gasteiger partial charge in [-0.3, -0.25) is 0 Å². The predicted molar refractivity (Wildman–Crippen MR) is 128 cm³/mol. The SMILES string of the molecule is COc1ccc([C@@]23CC/C(=N\OC(=O)C45CC6CC(CC(C6)C4)C5)C[C@@H]2N(C)CC3)cc1C. The lowest BCUT2D eigenvalue weighted by Gasteiger charge is -2.54. The minimum Gasteiger partial charge on any atom is -0.496 e. The fraction of sp³-hybridized carbons (Fsp3) is 0.714.